The lowest BCUT2D eigenvalue weighted by Gasteiger charge is -2.09. The topological polar surface area (TPSA) is 62.0 Å². The number of carbonyl (C=O) groups excluding carboxylic acids is 2. The minimum absolute atomic E-state index is 0.0232. The van der Waals surface area contributed by atoms with E-state index in [-0.39, 0.29) is 17.6 Å². The number of carbonyl (C=O) groups is 2. The second-order valence-corrected chi connectivity index (χ2v) is 7.24. The highest BCUT2D eigenvalue weighted by Gasteiger charge is 2.29. The van der Waals surface area contributed by atoms with Crippen molar-refractivity contribution in [2.75, 3.05) is 5.32 Å². The van der Waals surface area contributed by atoms with Gasteiger partial charge >= 0.3 is 0 Å². The fraction of sp³-hybridized carbons (Fsp3) is 0.273. The molecule has 1 aliphatic rings. The Bertz CT molecular complexity index is 1020. The van der Waals surface area contributed by atoms with E-state index >= 15 is 0 Å². The first-order valence-corrected chi connectivity index (χ1v) is 9.00. The number of benzene rings is 2. The predicted octanol–water partition coefficient (Wildman–Crippen LogP) is 4.67. The van der Waals surface area contributed by atoms with Gasteiger partial charge < -0.3 is 10.3 Å². The molecule has 0 radical (unpaired) electrons. The van der Waals surface area contributed by atoms with E-state index in [9.17, 15) is 9.59 Å². The predicted molar refractivity (Wildman–Crippen MR) is 104 cm³/mol. The first kappa shape index (κ1) is 16.6. The normalized spacial score (nSPS) is 13.8. The van der Waals surface area contributed by atoms with Crippen LogP contribution in [0.4, 0.5) is 5.69 Å². The number of aromatic nitrogens is 1. The van der Waals surface area contributed by atoms with Crippen LogP contribution >= 0.6 is 0 Å². The van der Waals surface area contributed by atoms with Crippen molar-refractivity contribution in [3.05, 3.63) is 64.3 Å². The Morgan fingerprint density at radius 1 is 1.00 bits per heavy atom. The number of aryl methyl sites for hydroxylation is 3. The average molecular weight is 346 g/mol. The number of amides is 1. The van der Waals surface area contributed by atoms with Crippen LogP contribution in [0.1, 0.15) is 45.6 Å². The van der Waals surface area contributed by atoms with Crippen LogP contribution in [0.25, 0.3) is 10.9 Å². The van der Waals surface area contributed by atoms with Crippen molar-refractivity contribution in [3.8, 4) is 0 Å². The van der Waals surface area contributed by atoms with Gasteiger partial charge in [0.15, 0.2) is 5.78 Å². The van der Waals surface area contributed by atoms with E-state index < -0.39 is 0 Å². The fourth-order valence-corrected chi connectivity index (χ4v) is 3.58. The summed E-state index contributed by atoms with van der Waals surface area (Å²) in [7, 11) is 0. The summed E-state index contributed by atoms with van der Waals surface area (Å²) in [4.78, 5) is 28.7. The molecular weight excluding hydrogens is 324 g/mol. The van der Waals surface area contributed by atoms with Crippen molar-refractivity contribution < 1.29 is 9.59 Å². The zero-order chi connectivity index (χ0) is 18.4. The fourth-order valence-electron chi connectivity index (χ4n) is 3.58. The van der Waals surface area contributed by atoms with Gasteiger partial charge in [-0.1, -0.05) is 18.2 Å². The standard InChI is InChI=1S/C22H22N2O2/c1-12-5-4-6-13(2)19(12)21(25)20-14(3)23-18-10-9-16(11-17(18)20)24-22(26)15-7-8-15/h4-6,9-11,15,23H,7-8H2,1-3H3,(H,24,26). The van der Waals surface area contributed by atoms with Crippen molar-refractivity contribution in [3.63, 3.8) is 0 Å². The summed E-state index contributed by atoms with van der Waals surface area (Å²) in [5, 5.41) is 3.82. The summed E-state index contributed by atoms with van der Waals surface area (Å²) < 4.78 is 0. The molecule has 4 rings (SSSR count). The van der Waals surface area contributed by atoms with Crippen LogP contribution in [0.15, 0.2) is 36.4 Å². The number of anilines is 1. The molecule has 2 N–H and O–H groups in total. The van der Waals surface area contributed by atoms with Crippen LogP contribution in [0.2, 0.25) is 0 Å². The molecule has 1 saturated carbocycles. The monoisotopic (exact) mass is 346 g/mol. The highest BCUT2D eigenvalue weighted by Crippen LogP contribution is 2.32. The molecule has 3 aromatic rings. The van der Waals surface area contributed by atoms with Crippen LogP contribution in [0.5, 0.6) is 0 Å². The van der Waals surface area contributed by atoms with Gasteiger partial charge in [0.05, 0.1) is 5.56 Å². The van der Waals surface area contributed by atoms with Gasteiger partial charge in [0.1, 0.15) is 0 Å². The van der Waals surface area contributed by atoms with E-state index in [2.05, 4.69) is 10.3 Å². The number of nitrogens with one attached hydrogen (secondary N) is 2. The summed E-state index contributed by atoms with van der Waals surface area (Å²) in [5.74, 6) is 0.239. The molecule has 0 spiro atoms. The van der Waals surface area contributed by atoms with E-state index in [1.165, 1.54) is 0 Å². The number of hydrogen-bond donors (Lipinski definition) is 2. The lowest BCUT2D eigenvalue weighted by atomic mass is 9.93. The first-order valence-electron chi connectivity index (χ1n) is 9.00. The summed E-state index contributed by atoms with van der Waals surface area (Å²) in [6.07, 6.45) is 1.93. The third-order valence-electron chi connectivity index (χ3n) is 5.14. The molecule has 1 aliphatic carbocycles. The lowest BCUT2D eigenvalue weighted by Crippen LogP contribution is -2.13. The second-order valence-electron chi connectivity index (χ2n) is 7.24. The smallest absolute Gasteiger partial charge is 0.227 e. The zero-order valence-electron chi connectivity index (χ0n) is 15.3. The Hall–Kier alpha value is -2.88. The van der Waals surface area contributed by atoms with E-state index in [1.54, 1.807) is 0 Å². The Balaban J connectivity index is 1.79. The van der Waals surface area contributed by atoms with Gasteiger partial charge in [-0.05, 0) is 62.9 Å². The molecule has 4 heteroatoms. The summed E-state index contributed by atoms with van der Waals surface area (Å²) in [6.45, 7) is 5.85. The molecule has 0 saturated heterocycles. The molecule has 0 bridgehead atoms. The van der Waals surface area contributed by atoms with Crippen LogP contribution in [-0.2, 0) is 4.79 Å². The zero-order valence-corrected chi connectivity index (χ0v) is 15.3. The van der Waals surface area contributed by atoms with Crippen LogP contribution in [-0.4, -0.2) is 16.7 Å². The van der Waals surface area contributed by atoms with E-state index in [0.29, 0.717) is 5.56 Å². The van der Waals surface area contributed by atoms with Gasteiger partial charge in [-0.15, -0.1) is 0 Å². The molecule has 0 atom stereocenters. The first-order chi connectivity index (χ1) is 12.5. The third kappa shape index (κ3) is 2.81. The summed E-state index contributed by atoms with van der Waals surface area (Å²) in [6, 6.07) is 11.6. The lowest BCUT2D eigenvalue weighted by molar-refractivity contribution is -0.117. The number of rotatable bonds is 4. The minimum Gasteiger partial charge on any atom is -0.358 e. The SMILES string of the molecule is Cc1cccc(C)c1C(=O)c1c(C)[nH]c2ccc(NC(=O)C3CC3)cc12. The number of ketones is 1. The number of hydrogen-bond acceptors (Lipinski definition) is 2. The molecule has 1 aromatic heterocycles. The minimum atomic E-state index is 0.0232. The van der Waals surface area contributed by atoms with Gasteiger partial charge in [-0.3, -0.25) is 9.59 Å². The van der Waals surface area contributed by atoms with E-state index in [0.717, 1.165) is 51.8 Å². The Labute approximate surface area is 152 Å². The Kier molecular flexibility index (Phi) is 3.91. The molecule has 132 valence electrons. The molecule has 1 heterocycles. The maximum Gasteiger partial charge on any atom is 0.227 e. The highest BCUT2D eigenvalue weighted by atomic mass is 16.2. The largest absolute Gasteiger partial charge is 0.358 e. The average Bonchev–Trinajstić information content (AvgIpc) is 3.37. The summed E-state index contributed by atoms with van der Waals surface area (Å²) in [5.41, 5.74) is 5.87. The number of fused-ring (bicyclic) bond motifs is 1. The van der Waals surface area contributed by atoms with Crippen molar-refractivity contribution in [2.45, 2.75) is 33.6 Å². The van der Waals surface area contributed by atoms with Crippen molar-refractivity contribution >= 4 is 28.3 Å². The van der Waals surface area contributed by atoms with Crippen molar-refractivity contribution in [1.29, 1.82) is 0 Å². The highest BCUT2D eigenvalue weighted by molar-refractivity contribution is 6.19. The van der Waals surface area contributed by atoms with Gasteiger partial charge in [-0.2, -0.15) is 0 Å². The second kappa shape index (κ2) is 6.13. The van der Waals surface area contributed by atoms with E-state index in [4.69, 9.17) is 0 Å². The molecule has 0 aliphatic heterocycles. The molecule has 1 amide bonds. The maximum atomic E-state index is 13.3. The van der Waals surface area contributed by atoms with Crippen LogP contribution in [0.3, 0.4) is 0 Å². The van der Waals surface area contributed by atoms with Crippen molar-refractivity contribution in [1.82, 2.24) is 4.98 Å². The number of aromatic amines is 1. The Morgan fingerprint density at radius 3 is 2.35 bits per heavy atom. The molecule has 1 fully saturated rings. The van der Waals surface area contributed by atoms with Gasteiger partial charge in [0.2, 0.25) is 5.91 Å². The summed E-state index contributed by atoms with van der Waals surface area (Å²) >= 11 is 0. The van der Waals surface area contributed by atoms with Gasteiger partial charge in [0, 0.05) is 33.8 Å². The van der Waals surface area contributed by atoms with Gasteiger partial charge in [-0.25, -0.2) is 0 Å². The molecule has 4 nitrogen and oxygen atoms in total. The van der Waals surface area contributed by atoms with Crippen LogP contribution in [0, 0.1) is 26.7 Å². The third-order valence-corrected chi connectivity index (χ3v) is 5.14. The molecule has 0 unspecified atom stereocenters. The van der Waals surface area contributed by atoms with Crippen LogP contribution < -0.4 is 5.32 Å². The quantitative estimate of drug-likeness (QED) is 0.674. The molecular formula is C22H22N2O2. The molecule has 26 heavy (non-hydrogen) atoms. The van der Waals surface area contributed by atoms with Gasteiger partial charge in [0.25, 0.3) is 0 Å². The van der Waals surface area contributed by atoms with E-state index in [1.807, 2.05) is 57.2 Å². The molecule has 2 aromatic carbocycles. The van der Waals surface area contributed by atoms with Crippen molar-refractivity contribution in [2.24, 2.45) is 5.92 Å². The Morgan fingerprint density at radius 2 is 1.69 bits per heavy atom. The number of H-pyrrole nitrogens is 1. The maximum absolute atomic E-state index is 13.3.